The van der Waals surface area contributed by atoms with Crippen LogP contribution in [0.5, 0.6) is 0 Å². The average Bonchev–Trinajstić information content (AvgIpc) is 2.71. The van der Waals surface area contributed by atoms with Crippen molar-refractivity contribution in [2.75, 3.05) is 12.3 Å². The van der Waals surface area contributed by atoms with Gasteiger partial charge in [-0.15, -0.1) is 0 Å². The highest BCUT2D eigenvalue weighted by Gasteiger charge is 2.39. The Balaban J connectivity index is 2.80. The van der Waals surface area contributed by atoms with Crippen LogP contribution in [-0.2, 0) is 9.59 Å². The number of carbonyl (C=O) groups is 2. The molecule has 1 amide bonds. The number of carboxylic acid groups (broad SMARTS) is 1. The molecule has 16 heavy (non-hydrogen) atoms. The first-order valence-electron chi connectivity index (χ1n) is 4.86. The zero-order valence-corrected chi connectivity index (χ0v) is 10.3. The van der Waals surface area contributed by atoms with Crippen molar-refractivity contribution >= 4 is 42.1 Å². The third-order valence-corrected chi connectivity index (χ3v) is 3.39. The van der Waals surface area contributed by atoms with Crippen molar-refractivity contribution in [3.05, 3.63) is 0 Å². The molecule has 0 aliphatic carbocycles. The van der Waals surface area contributed by atoms with Crippen molar-refractivity contribution in [3.8, 4) is 0 Å². The van der Waals surface area contributed by atoms with Crippen molar-refractivity contribution in [2.24, 2.45) is 11.7 Å². The fourth-order valence-electron chi connectivity index (χ4n) is 1.74. The Kier molecular flexibility index (Phi) is 4.69. The molecule has 0 radical (unpaired) electrons. The van der Waals surface area contributed by atoms with Gasteiger partial charge in [0.1, 0.15) is 6.04 Å². The summed E-state index contributed by atoms with van der Waals surface area (Å²) < 4.78 is 0. The van der Waals surface area contributed by atoms with Crippen molar-refractivity contribution in [1.82, 2.24) is 4.90 Å². The van der Waals surface area contributed by atoms with Gasteiger partial charge in [-0.25, -0.2) is 4.79 Å². The van der Waals surface area contributed by atoms with Crippen LogP contribution in [-0.4, -0.2) is 51.6 Å². The molecule has 1 aliphatic rings. The van der Waals surface area contributed by atoms with Crippen molar-refractivity contribution in [3.63, 3.8) is 0 Å². The van der Waals surface area contributed by atoms with Gasteiger partial charge in [0.25, 0.3) is 0 Å². The fourth-order valence-corrected chi connectivity index (χ4v) is 2.09. The van der Waals surface area contributed by atoms with E-state index < -0.39 is 18.1 Å². The number of hydrogen-bond acceptors (Lipinski definition) is 5. The number of thiol groups is 1. The topological polar surface area (TPSA) is 83.6 Å². The first-order valence-corrected chi connectivity index (χ1v) is 5.96. The number of hydrogen-bond donors (Lipinski definition) is 3. The molecule has 0 aromatic heterocycles. The van der Waals surface area contributed by atoms with E-state index in [-0.39, 0.29) is 17.6 Å². The average molecular weight is 262 g/mol. The molecule has 5 nitrogen and oxygen atoms in total. The maximum Gasteiger partial charge on any atom is 0.326 e. The first kappa shape index (κ1) is 13.4. The molecule has 1 rings (SSSR count). The van der Waals surface area contributed by atoms with E-state index in [0.717, 1.165) is 0 Å². The van der Waals surface area contributed by atoms with E-state index in [0.29, 0.717) is 13.0 Å². The van der Waals surface area contributed by atoms with Crippen LogP contribution < -0.4 is 5.73 Å². The summed E-state index contributed by atoms with van der Waals surface area (Å²) in [5, 5.41) is 10.5. The van der Waals surface area contributed by atoms with E-state index in [4.69, 9.17) is 23.1 Å². The van der Waals surface area contributed by atoms with Gasteiger partial charge in [-0.1, -0.05) is 12.2 Å². The SMILES string of the molecule is N[C@@H](CS)C(=O)N1CC(C=S)C[C@H]1C(=O)O. The van der Waals surface area contributed by atoms with E-state index in [1.807, 2.05) is 0 Å². The second-order valence-electron chi connectivity index (χ2n) is 3.77. The maximum absolute atomic E-state index is 11.8. The van der Waals surface area contributed by atoms with Crippen molar-refractivity contribution in [1.29, 1.82) is 0 Å². The number of carbonyl (C=O) groups excluding carboxylic acids is 1. The van der Waals surface area contributed by atoms with Crippen LogP contribution in [0.1, 0.15) is 6.42 Å². The van der Waals surface area contributed by atoms with Gasteiger partial charge in [-0.05, 0) is 11.8 Å². The number of rotatable bonds is 4. The van der Waals surface area contributed by atoms with Crippen LogP contribution in [0.2, 0.25) is 0 Å². The standard InChI is InChI=1S/C9H14N2O3S2/c10-6(4-16)8(12)11-2-5(3-15)1-7(11)9(13)14/h3,5-7,16H,1-2,4,10H2,(H,13,14)/t5?,6-,7-/m0/s1. The lowest BCUT2D eigenvalue weighted by Crippen LogP contribution is -2.49. The molecule has 1 heterocycles. The Bertz CT molecular complexity index is 311. The number of nitrogens with two attached hydrogens (primary N) is 1. The molecular formula is C9H14N2O3S2. The first-order chi connectivity index (χ1) is 7.51. The summed E-state index contributed by atoms with van der Waals surface area (Å²) in [7, 11) is 0. The molecular weight excluding hydrogens is 248 g/mol. The Labute approximate surface area is 104 Å². The number of thiocarbonyl (C=S) groups is 1. The summed E-state index contributed by atoms with van der Waals surface area (Å²) >= 11 is 8.71. The fraction of sp³-hybridized carbons (Fsp3) is 0.667. The quantitative estimate of drug-likeness (QED) is 0.472. The number of aliphatic carboxylic acids is 1. The van der Waals surface area contributed by atoms with Crippen LogP contribution >= 0.6 is 24.8 Å². The number of nitrogens with zero attached hydrogens (tertiary/aromatic N) is 1. The monoisotopic (exact) mass is 262 g/mol. The molecule has 0 spiro atoms. The largest absolute Gasteiger partial charge is 0.480 e. The van der Waals surface area contributed by atoms with Gasteiger partial charge in [0.15, 0.2) is 0 Å². The molecule has 0 bridgehead atoms. The van der Waals surface area contributed by atoms with Crippen LogP contribution in [0.4, 0.5) is 0 Å². The highest BCUT2D eigenvalue weighted by Crippen LogP contribution is 2.23. The zero-order valence-electron chi connectivity index (χ0n) is 8.57. The predicted molar refractivity (Wildman–Crippen MR) is 66.7 cm³/mol. The lowest BCUT2D eigenvalue weighted by molar-refractivity contribution is -0.148. The molecule has 0 aromatic carbocycles. The Morgan fingerprint density at radius 1 is 1.69 bits per heavy atom. The van der Waals surface area contributed by atoms with Crippen LogP contribution in [0.25, 0.3) is 0 Å². The van der Waals surface area contributed by atoms with Gasteiger partial charge in [-0.2, -0.15) is 12.6 Å². The summed E-state index contributed by atoms with van der Waals surface area (Å²) in [5.41, 5.74) is 5.55. The molecule has 90 valence electrons. The van der Waals surface area contributed by atoms with E-state index in [2.05, 4.69) is 12.6 Å². The minimum Gasteiger partial charge on any atom is -0.480 e. The number of amides is 1. The van der Waals surface area contributed by atoms with Gasteiger partial charge in [0.2, 0.25) is 5.91 Å². The maximum atomic E-state index is 11.8. The third-order valence-electron chi connectivity index (χ3n) is 2.61. The van der Waals surface area contributed by atoms with E-state index in [9.17, 15) is 9.59 Å². The molecule has 1 fully saturated rings. The molecule has 1 aliphatic heterocycles. The van der Waals surface area contributed by atoms with Crippen molar-refractivity contribution < 1.29 is 14.7 Å². The summed E-state index contributed by atoms with van der Waals surface area (Å²) in [6.07, 6.45) is 0.365. The van der Waals surface area contributed by atoms with E-state index in [1.54, 1.807) is 0 Å². The number of carboxylic acids is 1. The number of likely N-dealkylation sites (tertiary alicyclic amines) is 1. The van der Waals surface area contributed by atoms with Gasteiger partial charge in [0, 0.05) is 18.2 Å². The molecule has 0 saturated carbocycles. The van der Waals surface area contributed by atoms with E-state index in [1.165, 1.54) is 10.3 Å². The van der Waals surface area contributed by atoms with Gasteiger partial charge < -0.3 is 15.7 Å². The summed E-state index contributed by atoms with van der Waals surface area (Å²) in [4.78, 5) is 24.1. The van der Waals surface area contributed by atoms with Crippen LogP contribution in [0.15, 0.2) is 0 Å². The van der Waals surface area contributed by atoms with E-state index >= 15 is 0 Å². The minimum atomic E-state index is -1.01. The summed E-state index contributed by atoms with van der Waals surface area (Å²) in [6, 6.07) is -1.57. The zero-order chi connectivity index (χ0) is 12.3. The highest BCUT2D eigenvalue weighted by atomic mass is 32.1. The molecule has 0 aromatic rings. The van der Waals surface area contributed by atoms with Crippen LogP contribution in [0.3, 0.4) is 0 Å². The Morgan fingerprint density at radius 3 is 2.75 bits per heavy atom. The lowest BCUT2D eigenvalue weighted by Gasteiger charge is -2.23. The smallest absolute Gasteiger partial charge is 0.326 e. The van der Waals surface area contributed by atoms with Gasteiger partial charge in [-0.3, -0.25) is 4.79 Å². The molecule has 7 heteroatoms. The summed E-state index contributed by atoms with van der Waals surface area (Å²) in [6.45, 7) is 0.334. The minimum absolute atomic E-state index is 0.0489. The highest BCUT2D eigenvalue weighted by molar-refractivity contribution is 7.80. The Morgan fingerprint density at radius 2 is 2.31 bits per heavy atom. The Hall–Kier alpha value is -0.660. The summed E-state index contributed by atoms with van der Waals surface area (Å²) in [5.74, 6) is -1.24. The second-order valence-corrected chi connectivity index (χ2v) is 4.40. The molecule has 1 saturated heterocycles. The normalized spacial score (nSPS) is 26.5. The lowest BCUT2D eigenvalue weighted by atomic mass is 10.1. The molecule has 3 atom stereocenters. The third kappa shape index (κ3) is 2.72. The van der Waals surface area contributed by atoms with Crippen LogP contribution in [0, 0.1) is 5.92 Å². The molecule has 1 unspecified atom stereocenters. The predicted octanol–water partition coefficient (Wildman–Crippen LogP) is -0.455. The molecule has 3 N–H and O–H groups in total. The van der Waals surface area contributed by atoms with Crippen molar-refractivity contribution in [2.45, 2.75) is 18.5 Å². The van der Waals surface area contributed by atoms with Gasteiger partial charge in [0.05, 0.1) is 6.04 Å². The van der Waals surface area contributed by atoms with Gasteiger partial charge >= 0.3 is 5.97 Å². The second kappa shape index (κ2) is 5.60.